The molecule has 146 valence electrons. The van der Waals surface area contributed by atoms with E-state index in [9.17, 15) is 4.79 Å². The number of hydrogen-bond donors (Lipinski definition) is 1. The van der Waals surface area contributed by atoms with Crippen LogP contribution in [-0.2, 0) is 4.79 Å². The van der Waals surface area contributed by atoms with Crippen molar-refractivity contribution in [1.82, 2.24) is 14.9 Å². The number of methoxy groups -OCH3 is 1. The highest BCUT2D eigenvalue weighted by Gasteiger charge is 2.13. The fraction of sp³-hybridized carbons (Fsp3) is 0.273. The van der Waals surface area contributed by atoms with Crippen LogP contribution in [0.1, 0.15) is 29.7 Å². The number of aromatic nitrogens is 2. The molecule has 0 bridgehead atoms. The molecule has 0 aliphatic heterocycles. The van der Waals surface area contributed by atoms with Crippen molar-refractivity contribution in [1.29, 1.82) is 0 Å². The quantitative estimate of drug-likeness (QED) is 0.600. The van der Waals surface area contributed by atoms with Gasteiger partial charge in [0.25, 0.3) is 0 Å². The predicted molar refractivity (Wildman–Crippen MR) is 113 cm³/mol. The normalized spacial score (nSPS) is 11.9. The van der Waals surface area contributed by atoms with Crippen molar-refractivity contribution in [2.45, 2.75) is 32.0 Å². The van der Waals surface area contributed by atoms with Crippen LogP contribution in [0.2, 0.25) is 0 Å². The Morgan fingerprint density at radius 3 is 2.79 bits per heavy atom. The average Bonchev–Trinajstić information content (AvgIpc) is 3.17. The van der Waals surface area contributed by atoms with E-state index in [0.29, 0.717) is 5.75 Å². The summed E-state index contributed by atoms with van der Waals surface area (Å²) >= 11 is 1.41. The third-order valence-corrected chi connectivity index (χ3v) is 5.65. The molecule has 1 unspecified atom stereocenters. The predicted octanol–water partition coefficient (Wildman–Crippen LogP) is 4.47. The van der Waals surface area contributed by atoms with E-state index in [4.69, 9.17) is 4.74 Å². The van der Waals surface area contributed by atoms with Gasteiger partial charge in [-0.15, -0.1) is 0 Å². The van der Waals surface area contributed by atoms with Gasteiger partial charge in [-0.1, -0.05) is 36.0 Å². The van der Waals surface area contributed by atoms with Crippen LogP contribution < -0.4 is 10.1 Å². The first-order valence-corrected chi connectivity index (χ1v) is 10.1. The van der Waals surface area contributed by atoms with E-state index in [0.717, 1.165) is 22.2 Å². The first kappa shape index (κ1) is 20.0. The lowest BCUT2D eigenvalue weighted by molar-refractivity contribution is -0.119. The molecular formula is C22H25N3O2S. The van der Waals surface area contributed by atoms with Crippen molar-refractivity contribution < 1.29 is 9.53 Å². The summed E-state index contributed by atoms with van der Waals surface area (Å²) in [4.78, 5) is 16.8. The Kier molecular flexibility index (Phi) is 6.41. The van der Waals surface area contributed by atoms with Gasteiger partial charge in [-0.05, 0) is 49.6 Å². The maximum atomic E-state index is 12.4. The molecule has 1 atom stereocenters. The summed E-state index contributed by atoms with van der Waals surface area (Å²) in [5, 5.41) is 3.83. The van der Waals surface area contributed by atoms with Gasteiger partial charge >= 0.3 is 0 Å². The van der Waals surface area contributed by atoms with Gasteiger partial charge in [-0.25, -0.2) is 4.98 Å². The molecule has 5 nitrogen and oxygen atoms in total. The number of amides is 1. The minimum Gasteiger partial charge on any atom is -0.497 e. The van der Waals surface area contributed by atoms with Gasteiger partial charge in [0.2, 0.25) is 5.91 Å². The second-order valence-electron chi connectivity index (χ2n) is 6.70. The zero-order valence-corrected chi connectivity index (χ0v) is 17.4. The molecule has 1 amide bonds. The summed E-state index contributed by atoms with van der Waals surface area (Å²) in [6.45, 7) is 6.18. The first-order valence-electron chi connectivity index (χ1n) is 9.15. The number of carbonyl (C=O) groups is 1. The minimum absolute atomic E-state index is 0.0177. The lowest BCUT2D eigenvalue weighted by atomic mass is 10.0. The van der Waals surface area contributed by atoms with E-state index in [1.54, 1.807) is 13.3 Å². The lowest BCUT2D eigenvalue weighted by Gasteiger charge is -2.16. The van der Waals surface area contributed by atoms with Gasteiger partial charge in [-0.3, -0.25) is 9.36 Å². The maximum absolute atomic E-state index is 12.4. The summed E-state index contributed by atoms with van der Waals surface area (Å²) in [6.07, 6.45) is 3.62. The number of aryl methyl sites for hydroxylation is 2. The number of benzene rings is 2. The van der Waals surface area contributed by atoms with E-state index in [-0.39, 0.29) is 11.9 Å². The summed E-state index contributed by atoms with van der Waals surface area (Å²) in [5.41, 5.74) is 4.54. The van der Waals surface area contributed by atoms with Gasteiger partial charge in [0.15, 0.2) is 5.16 Å². The number of imidazole rings is 1. The summed E-state index contributed by atoms with van der Waals surface area (Å²) < 4.78 is 7.24. The van der Waals surface area contributed by atoms with Gasteiger partial charge in [0.05, 0.1) is 24.6 Å². The summed E-state index contributed by atoms with van der Waals surface area (Å²) in [7, 11) is 1.64. The Morgan fingerprint density at radius 1 is 1.21 bits per heavy atom. The molecule has 1 N–H and O–H groups in total. The Morgan fingerprint density at radius 2 is 2.04 bits per heavy atom. The fourth-order valence-electron chi connectivity index (χ4n) is 2.88. The van der Waals surface area contributed by atoms with Crippen molar-refractivity contribution in [2.75, 3.05) is 12.9 Å². The fourth-order valence-corrected chi connectivity index (χ4v) is 3.67. The molecule has 3 rings (SSSR count). The van der Waals surface area contributed by atoms with Gasteiger partial charge in [-0.2, -0.15) is 0 Å². The molecule has 0 aliphatic rings. The Labute approximate surface area is 170 Å². The van der Waals surface area contributed by atoms with Crippen LogP contribution in [0.5, 0.6) is 5.75 Å². The molecule has 1 heterocycles. The number of carbonyl (C=O) groups excluding carboxylic acids is 1. The zero-order chi connectivity index (χ0) is 20.1. The Hall–Kier alpha value is -2.73. The van der Waals surface area contributed by atoms with Crippen molar-refractivity contribution in [3.63, 3.8) is 0 Å². The van der Waals surface area contributed by atoms with E-state index in [1.807, 2.05) is 42.0 Å². The molecule has 0 fully saturated rings. The molecule has 0 spiro atoms. The van der Waals surface area contributed by atoms with Gasteiger partial charge < -0.3 is 10.1 Å². The monoisotopic (exact) mass is 395 g/mol. The van der Waals surface area contributed by atoms with Crippen molar-refractivity contribution in [3.05, 3.63) is 71.5 Å². The maximum Gasteiger partial charge on any atom is 0.230 e. The number of rotatable bonds is 7. The number of ether oxygens (including phenoxy) is 1. The highest BCUT2D eigenvalue weighted by atomic mass is 32.2. The average molecular weight is 396 g/mol. The van der Waals surface area contributed by atoms with Gasteiger partial charge in [0, 0.05) is 18.5 Å². The first-order chi connectivity index (χ1) is 13.5. The smallest absolute Gasteiger partial charge is 0.230 e. The largest absolute Gasteiger partial charge is 0.497 e. The van der Waals surface area contributed by atoms with Crippen LogP contribution in [0.25, 0.3) is 5.69 Å². The van der Waals surface area contributed by atoms with Crippen LogP contribution >= 0.6 is 11.8 Å². The van der Waals surface area contributed by atoms with Crippen LogP contribution in [0, 0.1) is 13.8 Å². The number of hydrogen-bond acceptors (Lipinski definition) is 4. The standard InChI is InChI=1S/C22H25N3O2S/c1-15-8-9-18(12-16(15)2)17(3)24-21(26)14-28-22-23-10-11-25(22)19-6-5-7-20(13-19)27-4/h5-13,17H,14H2,1-4H3,(H,24,26). The summed E-state index contributed by atoms with van der Waals surface area (Å²) in [5.74, 6) is 1.06. The molecule has 1 aromatic heterocycles. The molecular weight excluding hydrogens is 370 g/mol. The highest BCUT2D eigenvalue weighted by Crippen LogP contribution is 2.23. The van der Waals surface area contributed by atoms with E-state index in [1.165, 1.54) is 22.9 Å². The second-order valence-corrected chi connectivity index (χ2v) is 7.65. The third-order valence-electron chi connectivity index (χ3n) is 4.68. The molecule has 2 aromatic carbocycles. The van der Waals surface area contributed by atoms with E-state index < -0.39 is 0 Å². The van der Waals surface area contributed by atoms with Crippen molar-refractivity contribution in [3.8, 4) is 11.4 Å². The van der Waals surface area contributed by atoms with Crippen LogP contribution in [-0.4, -0.2) is 28.3 Å². The molecule has 28 heavy (non-hydrogen) atoms. The highest BCUT2D eigenvalue weighted by molar-refractivity contribution is 7.99. The Bertz CT molecular complexity index is 968. The zero-order valence-electron chi connectivity index (χ0n) is 16.6. The number of thioether (sulfide) groups is 1. The molecule has 0 radical (unpaired) electrons. The number of nitrogens with one attached hydrogen (secondary N) is 1. The van der Waals surface area contributed by atoms with Crippen LogP contribution in [0.15, 0.2) is 60.0 Å². The molecule has 0 saturated heterocycles. The van der Waals surface area contributed by atoms with Crippen molar-refractivity contribution >= 4 is 17.7 Å². The number of nitrogens with zero attached hydrogens (tertiary/aromatic N) is 2. The van der Waals surface area contributed by atoms with E-state index in [2.05, 4.69) is 42.3 Å². The molecule has 6 heteroatoms. The minimum atomic E-state index is -0.0365. The second kappa shape index (κ2) is 8.97. The van der Waals surface area contributed by atoms with Crippen LogP contribution in [0.4, 0.5) is 0 Å². The van der Waals surface area contributed by atoms with E-state index >= 15 is 0 Å². The molecule has 0 saturated carbocycles. The van der Waals surface area contributed by atoms with Crippen molar-refractivity contribution in [2.24, 2.45) is 0 Å². The topological polar surface area (TPSA) is 56.2 Å². The van der Waals surface area contributed by atoms with Crippen LogP contribution in [0.3, 0.4) is 0 Å². The molecule has 3 aromatic rings. The lowest BCUT2D eigenvalue weighted by Crippen LogP contribution is -2.28. The SMILES string of the molecule is COc1cccc(-n2ccnc2SCC(=O)NC(C)c2ccc(C)c(C)c2)c1. The third kappa shape index (κ3) is 4.75. The Balaban J connectivity index is 1.62. The summed E-state index contributed by atoms with van der Waals surface area (Å²) in [6, 6.07) is 14.0. The van der Waals surface area contributed by atoms with Gasteiger partial charge in [0.1, 0.15) is 5.75 Å². The molecule has 0 aliphatic carbocycles.